The number of rotatable bonds is 5. The van der Waals surface area contributed by atoms with Crippen LogP contribution in [0.5, 0.6) is 0 Å². The molecule has 1 fully saturated rings. The molecule has 32 heavy (non-hydrogen) atoms. The predicted octanol–water partition coefficient (Wildman–Crippen LogP) is 4.74. The van der Waals surface area contributed by atoms with Crippen LogP contribution in [-0.2, 0) is 28.9 Å². The summed E-state index contributed by atoms with van der Waals surface area (Å²) in [5.74, 6) is -0.178. The largest absolute Gasteiger partial charge is 0.466 e. The lowest BCUT2D eigenvalue weighted by Crippen LogP contribution is -2.38. The summed E-state index contributed by atoms with van der Waals surface area (Å²) in [7, 11) is 0. The quantitative estimate of drug-likeness (QED) is 0.688. The molecule has 0 radical (unpaired) electrons. The maximum absolute atomic E-state index is 12.6. The second-order valence-corrected chi connectivity index (χ2v) is 10.0. The number of anilines is 1. The fourth-order valence-corrected chi connectivity index (χ4v) is 5.10. The van der Waals surface area contributed by atoms with Crippen molar-refractivity contribution in [2.45, 2.75) is 66.8 Å². The van der Waals surface area contributed by atoms with Crippen LogP contribution in [0.2, 0.25) is 0 Å². The summed E-state index contributed by atoms with van der Waals surface area (Å²) in [6, 6.07) is 6.84. The monoisotopic (exact) mass is 435 g/mol. The van der Waals surface area contributed by atoms with E-state index in [4.69, 9.17) is 9.72 Å². The predicted molar refractivity (Wildman–Crippen MR) is 130 cm³/mol. The summed E-state index contributed by atoms with van der Waals surface area (Å²) >= 11 is 0. The fraction of sp³-hybridized carbons (Fsp3) is 0.556. The molecule has 172 valence electrons. The first-order chi connectivity index (χ1) is 15.3. The third kappa shape index (κ3) is 4.68. The summed E-state index contributed by atoms with van der Waals surface area (Å²) < 4.78 is 5.33. The summed E-state index contributed by atoms with van der Waals surface area (Å²) in [6.45, 7) is 15.0. The van der Waals surface area contributed by atoms with Crippen molar-refractivity contribution in [2.75, 3.05) is 31.1 Å². The molecule has 0 atom stereocenters. The summed E-state index contributed by atoms with van der Waals surface area (Å²) in [5, 5.41) is 3.46. The van der Waals surface area contributed by atoms with Crippen molar-refractivity contribution >= 4 is 11.7 Å². The Morgan fingerprint density at radius 2 is 1.91 bits per heavy atom. The lowest BCUT2D eigenvalue weighted by atomic mass is 9.82. The standard InChI is InChI=1S/C27H37N3O2/c1-6-32-24(31)16-23-18(2)29-19(3)25(26(23)30-13-10-27(4,5)11-14-30)21-7-8-22-17-28-12-9-20(22)15-21/h7-8,15,28H,6,9-14,16-17H2,1-5H3. The Hall–Kier alpha value is -2.40. The first kappa shape index (κ1) is 22.8. The van der Waals surface area contributed by atoms with Gasteiger partial charge in [0.25, 0.3) is 0 Å². The van der Waals surface area contributed by atoms with Crippen LogP contribution >= 0.6 is 0 Å². The number of pyridine rings is 1. The zero-order valence-electron chi connectivity index (χ0n) is 20.3. The molecule has 0 saturated carbocycles. The minimum absolute atomic E-state index is 0.178. The number of esters is 1. The number of aromatic nitrogens is 1. The molecule has 1 aromatic carbocycles. The normalized spacial score (nSPS) is 17.7. The minimum atomic E-state index is -0.178. The van der Waals surface area contributed by atoms with Crippen molar-refractivity contribution in [3.63, 3.8) is 0 Å². The summed E-state index contributed by atoms with van der Waals surface area (Å²) in [5.41, 5.74) is 9.70. The highest BCUT2D eigenvalue weighted by molar-refractivity contribution is 5.87. The number of carbonyl (C=O) groups is 1. The van der Waals surface area contributed by atoms with Gasteiger partial charge in [-0.25, -0.2) is 0 Å². The lowest BCUT2D eigenvalue weighted by molar-refractivity contribution is -0.142. The van der Waals surface area contributed by atoms with Crippen molar-refractivity contribution in [3.8, 4) is 11.1 Å². The Labute approximate surface area is 192 Å². The van der Waals surface area contributed by atoms with Crippen molar-refractivity contribution in [2.24, 2.45) is 5.41 Å². The van der Waals surface area contributed by atoms with Gasteiger partial charge in [0.1, 0.15) is 0 Å². The number of nitrogens with zero attached hydrogens (tertiary/aromatic N) is 2. The second-order valence-electron chi connectivity index (χ2n) is 10.0. The lowest BCUT2D eigenvalue weighted by Gasteiger charge is -2.40. The molecule has 0 aliphatic carbocycles. The molecule has 0 spiro atoms. The van der Waals surface area contributed by atoms with Crippen molar-refractivity contribution < 1.29 is 9.53 Å². The summed E-state index contributed by atoms with van der Waals surface area (Å²) in [4.78, 5) is 20.0. The van der Waals surface area contributed by atoms with Gasteiger partial charge in [0.2, 0.25) is 0 Å². The molecule has 5 heteroatoms. The number of hydrogen-bond acceptors (Lipinski definition) is 5. The van der Waals surface area contributed by atoms with Crippen LogP contribution in [0.1, 0.15) is 61.7 Å². The molecule has 0 unspecified atom stereocenters. The molecule has 3 heterocycles. The Morgan fingerprint density at radius 3 is 2.62 bits per heavy atom. The minimum Gasteiger partial charge on any atom is -0.466 e. The number of hydrogen-bond donors (Lipinski definition) is 1. The maximum atomic E-state index is 12.6. The smallest absolute Gasteiger partial charge is 0.310 e. The Balaban J connectivity index is 1.85. The third-order valence-electron chi connectivity index (χ3n) is 7.10. The zero-order chi connectivity index (χ0) is 22.9. The molecule has 2 aromatic rings. The first-order valence-electron chi connectivity index (χ1n) is 12.0. The van der Waals surface area contributed by atoms with Gasteiger partial charge in [0.15, 0.2) is 0 Å². The van der Waals surface area contributed by atoms with E-state index in [0.29, 0.717) is 12.0 Å². The molecule has 1 aromatic heterocycles. The third-order valence-corrected chi connectivity index (χ3v) is 7.10. The topological polar surface area (TPSA) is 54.5 Å². The molecule has 0 amide bonds. The number of aryl methyl sites for hydroxylation is 2. The number of nitrogens with one attached hydrogen (secondary N) is 1. The van der Waals surface area contributed by atoms with Gasteiger partial charge >= 0.3 is 5.97 Å². The first-order valence-corrected chi connectivity index (χ1v) is 12.0. The highest BCUT2D eigenvalue weighted by atomic mass is 16.5. The van der Waals surface area contributed by atoms with Crippen LogP contribution < -0.4 is 10.2 Å². The molecule has 1 saturated heterocycles. The fourth-order valence-electron chi connectivity index (χ4n) is 5.10. The zero-order valence-corrected chi connectivity index (χ0v) is 20.3. The van der Waals surface area contributed by atoms with Gasteiger partial charge in [-0.3, -0.25) is 9.78 Å². The molecule has 2 aliphatic rings. The van der Waals surface area contributed by atoms with Crippen LogP contribution in [-0.4, -0.2) is 37.2 Å². The molecule has 1 N–H and O–H groups in total. The van der Waals surface area contributed by atoms with E-state index < -0.39 is 0 Å². The van der Waals surface area contributed by atoms with Crippen LogP contribution in [0.15, 0.2) is 18.2 Å². The average molecular weight is 436 g/mol. The van der Waals surface area contributed by atoms with Gasteiger partial charge in [-0.05, 0) is 68.7 Å². The second kappa shape index (κ2) is 9.22. The van der Waals surface area contributed by atoms with E-state index in [-0.39, 0.29) is 12.4 Å². The highest BCUT2D eigenvalue weighted by Gasteiger charge is 2.30. The van der Waals surface area contributed by atoms with Crippen LogP contribution in [0.25, 0.3) is 11.1 Å². The molecule has 4 rings (SSSR count). The van der Waals surface area contributed by atoms with Crippen molar-refractivity contribution in [1.29, 1.82) is 0 Å². The number of carbonyl (C=O) groups excluding carboxylic acids is 1. The van der Waals surface area contributed by atoms with E-state index in [2.05, 4.69) is 49.2 Å². The summed E-state index contributed by atoms with van der Waals surface area (Å²) in [6.07, 6.45) is 3.59. The maximum Gasteiger partial charge on any atom is 0.310 e. The SMILES string of the molecule is CCOC(=O)Cc1c(C)nc(C)c(-c2ccc3c(c2)CCNC3)c1N1CCC(C)(C)CC1. The highest BCUT2D eigenvalue weighted by Crippen LogP contribution is 2.42. The van der Waals surface area contributed by atoms with Gasteiger partial charge in [-0.15, -0.1) is 0 Å². The van der Waals surface area contributed by atoms with Gasteiger partial charge < -0.3 is 15.0 Å². The number of ether oxygens (including phenoxy) is 1. The van der Waals surface area contributed by atoms with Crippen molar-refractivity contribution in [3.05, 3.63) is 46.3 Å². The van der Waals surface area contributed by atoms with Gasteiger partial charge in [-0.2, -0.15) is 0 Å². The molecule has 2 aliphatic heterocycles. The van der Waals surface area contributed by atoms with Crippen LogP contribution in [0, 0.1) is 19.3 Å². The molecular formula is C27H37N3O2. The van der Waals surface area contributed by atoms with E-state index in [1.165, 1.54) is 27.9 Å². The van der Waals surface area contributed by atoms with E-state index in [9.17, 15) is 4.79 Å². The van der Waals surface area contributed by atoms with Crippen LogP contribution in [0.4, 0.5) is 5.69 Å². The van der Waals surface area contributed by atoms with Crippen LogP contribution in [0.3, 0.4) is 0 Å². The van der Waals surface area contributed by atoms with E-state index in [1.807, 2.05) is 13.8 Å². The number of fused-ring (bicyclic) bond motifs is 1. The molecule has 5 nitrogen and oxygen atoms in total. The number of piperidine rings is 1. The Bertz CT molecular complexity index is 1000. The number of benzene rings is 1. The van der Waals surface area contributed by atoms with Crippen molar-refractivity contribution in [1.82, 2.24) is 10.3 Å². The van der Waals surface area contributed by atoms with Gasteiger partial charge in [0, 0.05) is 42.1 Å². The Morgan fingerprint density at radius 1 is 1.16 bits per heavy atom. The Kier molecular flexibility index (Phi) is 6.57. The average Bonchev–Trinajstić information content (AvgIpc) is 2.75. The van der Waals surface area contributed by atoms with Gasteiger partial charge in [0.05, 0.1) is 18.7 Å². The van der Waals surface area contributed by atoms with E-state index >= 15 is 0 Å². The molecule has 0 bridgehead atoms. The van der Waals surface area contributed by atoms with E-state index in [0.717, 1.165) is 62.4 Å². The van der Waals surface area contributed by atoms with E-state index in [1.54, 1.807) is 0 Å². The van der Waals surface area contributed by atoms with Gasteiger partial charge in [-0.1, -0.05) is 32.0 Å². The molecular weight excluding hydrogens is 398 g/mol.